The Hall–Kier alpha value is -2.30. The van der Waals surface area contributed by atoms with Crippen LogP contribution in [-0.4, -0.2) is 20.6 Å². The largest absolute Gasteiger partial charge is 0.476 e. The van der Waals surface area contributed by atoms with Crippen LogP contribution in [0.25, 0.3) is 11.4 Å². The predicted octanol–water partition coefficient (Wildman–Crippen LogP) is 2.17. The number of carbonyl (C=O) groups is 1. The van der Waals surface area contributed by atoms with Crippen molar-refractivity contribution in [3.63, 3.8) is 0 Å². The van der Waals surface area contributed by atoms with Gasteiger partial charge in [0.1, 0.15) is 5.82 Å². The Balaban J connectivity index is 2.16. The lowest BCUT2D eigenvalue weighted by atomic mass is 10.1. The van der Waals surface area contributed by atoms with E-state index in [0.717, 1.165) is 42.9 Å². The van der Waals surface area contributed by atoms with Crippen molar-refractivity contribution in [1.82, 2.24) is 9.55 Å². The molecule has 1 aliphatic heterocycles. The zero-order valence-corrected chi connectivity index (χ0v) is 10.5. The highest BCUT2D eigenvalue weighted by Crippen LogP contribution is 2.28. The van der Waals surface area contributed by atoms with E-state index in [0.29, 0.717) is 5.69 Å². The van der Waals surface area contributed by atoms with Crippen LogP contribution in [0.4, 0.5) is 5.69 Å². The highest BCUT2D eigenvalue weighted by molar-refractivity contribution is 5.88. The van der Waals surface area contributed by atoms with E-state index in [9.17, 15) is 9.90 Å². The van der Waals surface area contributed by atoms with Crippen LogP contribution in [0.15, 0.2) is 24.3 Å². The summed E-state index contributed by atoms with van der Waals surface area (Å²) in [5.74, 6) is -0.223. The van der Waals surface area contributed by atoms with E-state index in [1.54, 1.807) is 12.1 Å². The van der Waals surface area contributed by atoms with Gasteiger partial charge in [-0.2, -0.15) is 0 Å². The van der Waals surface area contributed by atoms with Crippen molar-refractivity contribution >= 4 is 11.7 Å². The first kappa shape index (κ1) is 11.8. The van der Waals surface area contributed by atoms with Crippen LogP contribution >= 0.6 is 0 Å². The molecule has 1 aromatic heterocycles. The maximum atomic E-state index is 11.3. The number of benzene rings is 1. The molecule has 0 unspecified atom stereocenters. The lowest BCUT2D eigenvalue weighted by Crippen LogP contribution is -2.13. The van der Waals surface area contributed by atoms with Crippen LogP contribution in [0.1, 0.15) is 29.0 Å². The van der Waals surface area contributed by atoms with Gasteiger partial charge in [-0.25, -0.2) is 9.78 Å². The van der Waals surface area contributed by atoms with Crippen molar-refractivity contribution in [2.45, 2.75) is 25.8 Å². The Bertz CT molecular complexity index is 629. The third-order valence-electron chi connectivity index (χ3n) is 3.49. The summed E-state index contributed by atoms with van der Waals surface area (Å²) >= 11 is 0. The zero-order valence-electron chi connectivity index (χ0n) is 10.5. The van der Waals surface area contributed by atoms with E-state index < -0.39 is 5.97 Å². The Morgan fingerprint density at radius 2 is 2.00 bits per heavy atom. The number of anilines is 1. The third-order valence-corrected chi connectivity index (χ3v) is 3.49. The molecule has 0 spiro atoms. The molecule has 0 aliphatic carbocycles. The minimum atomic E-state index is -0.952. The predicted molar refractivity (Wildman–Crippen MR) is 72.0 cm³/mol. The van der Waals surface area contributed by atoms with Crippen molar-refractivity contribution in [1.29, 1.82) is 0 Å². The minimum Gasteiger partial charge on any atom is -0.476 e. The van der Waals surface area contributed by atoms with E-state index in [2.05, 4.69) is 4.98 Å². The third kappa shape index (κ3) is 1.97. The molecule has 2 heterocycles. The second kappa shape index (κ2) is 4.42. The number of carboxylic acid groups (broad SMARTS) is 1. The summed E-state index contributed by atoms with van der Waals surface area (Å²) in [6, 6.07) is 7.37. The molecule has 0 bridgehead atoms. The smallest absolute Gasteiger partial charge is 0.356 e. The van der Waals surface area contributed by atoms with Gasteiger partial charge < -0.3 is 15.4 Å². The number of hydrogen-bond donors (Lipinski definition) is 2. The number of aromatic carboxylic acids is 1. The molecule has 1 aromatic carbocycles. The summed E-state index contributed by atoms with van der Waals surface area (Å²) in [4.78, 5) is 15.6. The molecule has 98 valence electrons. The maximum absolute atomic E-state index is 11.3. The van der Waals surface area contributed by atoms with E-state index in [1.807, 2.05) is 16.7 Å². The second-order valence-corrected chi connectivity index (χ2v) is 4.77. The fourth-order valence-electron chi connectivity index (χ4n) is 2.57. The molecule has 0 fully saturated rings. The minimum absolute atomic E-state index is 0.187. The molecule has 0 radical (unpaired) electrons. The number of hydrogen-bond acceptors (Lipinski definition) is 3. The van der Waals surface area contributed by atoms with E-state index in [-0.39, 0.29) is 5.69 Å². The van der Waals surface area contributed by atoms with Crippen LogP contribution in [0, 0.1) is 0 Å². The summed E-state index contributed by atoms with van der Waals surface area (Å²) in [5, 5.41) is 9.25. The quantitative estimate of drug-likeness (QED) is 0.808. The average Bonchev–Trinajstić information content (AvgIpc) is 2.79. The fraction of sp³-hybridized carbons (Fsp3) is 0.286. The molecule has 19 heavy (non-hydrogen) atoms. The van der Waals surface area contributed by atoms with Gasteiger partial charge in [-0.15, -0.1) is 0 Å². The molecular weight excluding hydrogens is 242 g/mol. The normalized spacial score (nSPS) is 14.1. The molecule has 1 aliphatic rings. The van der Waals surface area contributed by atoms with Crippen LogP contribution in [0.2, 0.25) is 0 Å². The molecule has 2 aromatic rings. The zero-order chi connectivity index (χ0) is 13.4. The number of imidazole rings is 1. The first-order chi connectivity index (χ1) is 9.16. The molecule has 3 rings (SSSR count). The number of nitrogens with zero attached hydrogens (tertiary/aromatic N) is 2. The second-order valence-electron chi connectivity index (χ2n) is 4.77. The highest BCUT2D eigenvalue weighted by Gasteiger charge is 2.24. The van der Waals surface area contributed by atoms with Gasteiger partial charge in [0, 0.05) is 17.8 Å². The van der Waals surface area contributed by atoms with Crippen molar-refractivity contribution in [3.05, 3.63) is 35.7 Å². The number of nitrogen functional groups attached to an aromatic ring is 1. The van der Waals surface area contributed by atoms with Crippen molar-refractivity contribution in [2.75, 3.05) is 5.73 Å². The van der Waals surface area contributed by atoms with E-state index >= 15 is 0 Å². The summed E-state index contributed by atoms with van der Waals surface area (Å²) in [7, 11) is 0. The summed E-state index contributed by atoms with van der Waals surface area (Å²) in [5.41, 5.74) is 8.29. The van der Waals surface area contributed by atoms with Gasteiger partial charge in [-0.1, -0.05) is 0 Å². The summed E-state index contributed by atoms with van der Waals surface area (Å²) in [6.45, 7) is 0.829. The number of rotatable bonds is 2. The maximum Gasteiger partial charge on any atom is 0.356 e. The van der Waals surface area contributed by atoms with Gasteiger partial charge in [0.25, 0.3) is 0 Å². The van der Waals surface area contributed by atoms with Crippen LogP contribution in [0.5, 0.6) is 0 Å². The van der Waals surface area contributed by atoms with Crippen molar-refractivity contribution in [2.24, 2.45) is 0 Å². The molecular formula is C14H15N3O2. The topological polar surface area (TPSA) is 81.1 Å². The molecule has 5 heteroatoms. The van der Waals surface area contributed by atoms with Crippen molar-refractivity contribution in [3.8, 4) is 11.4 Å². The van der Waals surface area contributed by atoms with E-state index in [1.165, 1.54) is 0 Å². The lowest BCUT2D eigenvalue weighted by molar-refractivity contribution is 0.0689. The van der Waals surface area contributed by atoms with Crippen LogP contribution in [-0.2, 0) is 13.0 Å². The van der Waals surface area contributed by atoms with Gasteiger partial charge >= 0.3 is 5.97 Å². The Kier molecular flexibility index (Phi) is 2.74. The van der Waals surface area contributed by atoms with Crippen LogP contribution < -0.4 is 5.73 Å². The van der Waals surface area contributed by atoms with Crippen molar-refractivity contribution < 1.29 is 9.90 Å². The summed E-state index contributed by atoms with van der Waals surface area (Å²) < 4.78 is 2.03. The SMILES string of the molecule is Nc1ccc(-c2nc(C(=O)O)c3n2CCCC3)cc1. The Labute approximate surface area is 110 Å². The molecule has 5 nitrogen and oxygen atoms in total. The Morgan fingerprint density at radius 1 is 1.26 bits per heavy atom. The van der Waals surface area contributed by atoms with Crippen LogP contribution in [0.3, 0.4) is 0 Å². The molecule has 0 atom stereocenters. The number of carboxylic acids is 1. The van der Waals surface area contributed by atoms with Gasteiger partial charge in [0.05, 0.1) is 5.69 Å². The average molecular weight is 257 g/mol. The first-order valence-corrected chi connectivity index (χ1v) is 6.35. The fourth-order valence-corrected chi connectivity index (χ4v) is 2.57. The molecule has 0 saturated heterocycles. The first-order valence-electron chi connectivity index (χ1n) is 6.35. The monoisotopic (exact) mass is 257 g/mol. The Morgan fingerprint density at radius 3 is 2.68 bits per heavy atom. The van der Waals surface area contributed by atoms with Gasteiger partial charge in [-0.05, 0) is 43.5 Å². The number of fused-ring (bicyclic) bond motifs is 1. The number of nitrogens with two attached hydrogens (primary N) is 1. The highest BCUT2D eigenvalue weighted by atomic mass is 16.4. The standard InChI is InChI=1S/C14H15N3O2/c15-10-6-4-9(5-7-10)13-16-12(14(18)19)11-3-1-2-8-17(11)13/h4-7H,1-3,8,15H2,(H,18,19). The van der Waals surface area contributed by atoms with E-state index in [4.69, 9.17) is 5.73 Å². The molecule has 0 amide bonds. The lowest BCUT2D eigenvalue weighted by Gasteiger charge is -2.16. The summed E-state index contributed by atoms with van der Waals surface area (Å²) in [6.07, 6.45) is 2.86. The number of aromatic nitrogens is 2. The van der Waals surface area contributed by atoms with Gasteiger partial charge in [-0.3, -0.25) is 0 Å². The molecule has 0 saturated carbocycles. The van der Waals surface area contributed by atoms with Gasteiger partial charge in [0.2, 0.25) is 0 Å². The molecule has 3 N–H and O–H groups in total. The van der Waals surface area contributed by atoms with Gasteiger partial charge in [0.15, 0.2) is 5.69 Å².